The van der Waals surface area contributed by atoms with Gasteiger partial charge in [0.25, 0.3) is 5.91 Å². The Balaban J connectivity index is 2.65. The maximum atomic E-state index is 11.6. The average molecular weight is 208 g/mol. The van der Waals surface area contributed by atoms with Crippen LogP contribution < -0.4 is 5.32 Å². The lowest BCUT2D eigenvalue weighted by molar-refractivity contribution is 0.0930. The van der Waals surface area contributed by atoms with E-state index < -0.39 is 0 Å². The van der Waals surface area contributed by atoms with Gasteiger partial charge in [0.15, 0.2) is 5.69 Å². The lowest BCUT2D eigenvalue weighted by Crippen LogP contribution is -2.32. The number of nitrogens with one attached hydrogen (secondary N) is 1. The molecule has 0 fully saturated rings. The number of hydrogen-bond donors (Lipinski definition) is 2. The summed E-state index contributed by atoms with van der Waals surface area (Å²) in [6.07, 6.45) is 3.41. The Morgan fingerprint density at radius 1 is 1.67 bits per heavy atom. The van der Waals surface area contributed by atoms with Crippen LogP contribution in [0.5, 0.6) is 5.75 Å². The van der Waals surface area contributed by atoms with Crippen LogP contribution in [0, 0.1) is 0 Å². The number of rotatable bonds is 4. The first kappa shape index (κ1) is 11.5. The van der Waals surface area contributed by atoms with Crippen molar-refractivity contribution < 1.29 is 9.90 Å². The van der Waals surface area contributed by atoms with E-state index in [4.69, 9.17) is 0 Å². The zero-order valence-electron chi connectivity index (χ0n) is 9.03. The molecule has 1 aromatic heterocycles. The summed E-state index contributed by atoms with van der Waals surface area (Å²) in [6.45, 7) is 3.99. The monoisotopic (exact) mass is 208 g/mol. The van der Waals surface area contributed by atoms with Gasteiger partial charge in [-0.25, -0.2) is 4.98 Å². The molecule has 0 saturated carbocycles. The van der Waals surface area contributed by atoms with E-state index in [-0.39, 0.29) is 23.4 Å². The molecule has 0 aliphatic rings. The maximum Gasteiger partial charge on any atom is 0.273 e. The summed E-state index contributed by atoms with van der Waals surface area (Å²) >= 11 is 0. The van der Waals surface area contributed by atoms with E-state index in [1.165, 1.54) is 12.3 Å². The van der Waals surface area contributed by atoms with Crippen molar-refractivity contribution >= 4 is 5.91 Å². The molecule has 82 valence electrons. The Kier molecular flexibility index (Phi) is 4.09. The zero-order chi connectivity index (χ0) is 11.3. The van der Waals surface area contributed by atoms with Crippen LogP contribution in [-0.4, -0.2) is 22.0 Å². The van der Waals surface area contributed by atoms with Crippen LogP contribution >= 0.6 is 0 Å². The molecule has 1 heterocycles. The minimum atomic E-state index is -0.325. The molecular formula is C11H16N2O2. The molecule has 0 spiro atoms. The van der Waals surface area contributed by atoms with Gasteiger partial charge in [-0.15, -0.1) is 0 Å². The van der Waals surface area contributed by atoms with Gasteiger partial charge in [-0.2, -0.15) is 0 Å². The van der Waals surface area contributed by atoms with Crippen molar-refractivity contribution in [2.24, 2.45) is 0 Å². The lowest BCUT2D eigenvalue weighted by atomic mass is 10.2. The second-order valence-corrected chi connectivity index (χ2v) is 3.53. The molecule has 1 atom stereocenters. The Bertz CT molecular complexity index is 339. The van der Waals surface area contributed by atoms with Crippen LogP contribution in [0.15, 0.2) is 18.3 Å². The van der Waals surface area contributed by atoms with Gasteiger partial charge in [0.05, 0.1) is 0 Å². The Morgan fingerprint density at radius 3 is 3.00 bits per heavy atom. The van der Waals surface area contributed by atoms with Gasteiger partial charge in [-0.3, -0.25) is 4.79 Å². The quantitative estimate of drug-likeness (QED) is 0.791. The molecule has 1 aromatic rings. The molecule has 4 nitrogen and oxygen atoms in total. The predicted octanol–water partition coefficient (Wildman–Crippen LogP) is 1.71. The van der Waals surface area contributed by atoms with Crippen LogP contribution in [0.3, 0.4) is 0 Å². The summed E-state index contributed by atoms with van der Waals surface area (Å²) in [6, 6.07) is 3.14. The fraction of sp³-hybridized carbons (Fsp3) is 0.455. The van der Waals surface area contributed by atoms with Gasteiger partial charge in [-0.1, -0.05) is 13.3 Å². The van der Waals surface area contributed by atoms with Crippen LogP contribution in [-0.2, 0) is 0 Å². The summed E-state index contributed by atoms with van der Waals surface area (Å²) < 4.78 is 0. The van der Waals surface area contributed by atoms with Crippen molar-refractivity contribution in [1.29, 1.82) is 0 Å². The summed E-state index contributed by atoms with van der Waals surface area (Å²) in [5, 5.41) is 12.2. The molecule has 1 rings (SSSR count). The first-order chi connectivity index (χ1) is 7.15. The van der Waals surface area contributed by atoms with Crippen molar-refractivity contribution in [1.82, 2.24) is 10.3 Å². The normalized spacial score (nSPS) is 12.1. The molecule has 0 bridgehead atoms. The minimum absolute atomic E-state index is 0.0838. The van der Waals surface area contributed by atoms with Crippen molar-refractivity contribution in [3.05, 3.63) is 24.0 Å². The topological polar surface area (TPSA) is 62.2 Å². The number of amides is 1. The molecule has 0 radical (unpaired) electrons. The number of pyridine rings is 1. The van der Waals surface area contributed by atoms with Crippen LogP contribution in [0.25, 0.3) is 0 Å². The summed E-state index contributed by atoms with van der Waals surface area (Å²) in [5.74, 6) is -0.409. The molecule has 2 N–H and O–H groups in total. The van der Waals surface area contributed by atoms with Crippen molar-refractivity contribution in [2.75, 3.05) is 0 Å². The highest BCUT2D eigenvalue weighted by atomic mass is 16.3. The van der Waals surface area contributed by atoms with Gasteiger partial charge < -0.3 is 10.4 Å². The smallest absolute Gasteiger partial charge is 0.273 e. The predicted molar refractivity (Wildman–Crippen MR) is 57.7 cm³/mol. The number of carbonyl (C=O) groups is 1. The molecule has 1 amide bonds. The summed E-state index contributed by atoms with van der Waals surface area (Å²) in [5.41, 5.74) is 0.0838. The number of carbonyl (C=O) groups excluding carboxylic acids is 1. The second kappa shape index (κ2) is 5.34. The van der Waals surface area contributed by atoms with Crippen molar-refractivity contribution in [2.45, 2.75) is 32.7 Å². The maximum absolute atomic E-state index is 11.6. The zero-order valence-corrected chi connectivity index (χ0v) is 9.03. The summed E-state index contributed by atoms with van der Waals surface area (Å²) in [7, 11) is 0. The van der Waals surface area contributed by atoms with Crippen LogP contribution in [0.4, 0.5) is 0 Å². The van der Waals surface area contributed by atoms with E-state index in [2.05, 4.69) is 17.2 Å². The van der Waals surface area contributed by atoms with E-state index in [0.717, 1.165) is 12.8 Å². The van der Waals surface area contributed by atoms with Crippen molar-refractivity contribution in [3.8, 4) is 5.75 Å². The number of hydrogen-bond acceptors (Lipinski definition) is 3. The SMILES string of the molecule is CCCC(C)NC(=O)c1ncccc1O. The minimum Gasteiger partial charge on any atom is -0.505 e. The van der Waals surface area contributed by atoms with Gasteiger partial charge in [0.1, 0.15) is 5.75 Å². The average Bonchev–Trinajstić information content (AvgIpc) is 2.18. The first-order valence-electron chi connectivity index (χ1n) is 5.10. The van der Waals surface area contributed by atoms with Gasteiger partial charge in [-0.05, 0) is 25.5 Å². The number of nitrogens with zero attached hydrogens (tertiary/aromatic N) is 1. The molecule has 15 heavy (non-hydrogen) atoms. The summed E-state index contributed by atoms with van der Waals surface area (Å²) in [4.78, 5) is 15.4. The van der Waals surface area contributed by atoms with E-state index in [9.17, 15) is 9.90 Å². The third-order valence-electron chi connectivity index (χ3n) is 2.10. The van der Waals surface area contributed by atoms with Crippen LogP contribution in [0.2, 0.25) is 0 Å². The molecule has 4 heteroatoms. The lowest BCUT2D eigenvalue weighted by Gasteiger charge is -2.12. The van der Waals surface area contributed by atoms with Gasteiger partial charge >= 0.3 is 0 Å². The highest BCUT2D eigenvalue weighted by Gasteiger charge is 2.13. The number of aromatic hydroxyl groups is 1. The third kappa shape index (κ3) is 3.23. The Morgan fingerprint density at radius 2 is 2.40 bits per heavy atom. The molecule has 0 aliphatic heterocycles. The third-order valence-corrected chi connectivity index (χ3v) is 2.10. The molecule has 1 unspecified atom stereocenters. The highest BCUT2D eigenvalue weighted by molar-refractivity contribution is 5.94. The number of aromatic nitrogens is 1. The van der Waals surface area contributed by atoms with E-state index >= 15 is 0 Å². The second-order valence-electron chi connectivity index (χ2n) is 3.53. The van der Waals surface area contributed by atoms with E-state index in [0.29, 0.717) is 0 Å². The Labute approximate surface area is 89.3 Å². The van der Waals surface area contributed by atoms with Crippen molar-refractivity contribution in [3.63, 3.8) is 0 Å². The molecular weight excluding hydrogens is 192 g/mol. The van der Waals surface area contributed by atoms with Gasteiger partial charge in [0.2, 0.25) is 0 Å². The molecule has 0 aliphatic carbocycles. The fourth-order valence-corrected chi connectivity index (χ4v) is 1.37. The largest absolute Gasteiger partial charge is 0.505 e. The standard InChI is InChI=1S/C11H16N2O2/c1-3-5-8(2)13-11(15)10-9(14)6-4-7-12-10/h4,6-8,14H,3,5H2,1-2H3,(H,13,15). The fourth-order valence-electron chi connectivity index (χ4n) is 1.37. The molecule has 0 saturated heterocycles. The Hall–Kier alpha value is -1.58. The highest BCUT2D eigenvalue weighted by Crippen LogP contribution is 2.12. The van der Waals surface area contributed by atoms with E-state index in [1.807, 2.05) is 6.92 Å². The van der Waals surface area contributed by atoms with E-state index in [1.54, 1.807) is 6.07 Å². The van der Waals surface area contributed by atoms with Gasteiger partial charge in [0, 0.05) is 12.2 Å². The van der Waals surface area contributed by atoms with Crippen LogP contribution in [0.1, 0.15) is 37.2 Å². The first-order valence-corrected chi connectivity index (χ1v) is 5.10. The molecule has 0 aromatic carbocycles.